The van der Waals surface area contributed by atoms with Crippen LogP contribution >= 0.6 is 11.6 Å². The van der Waals surface area contributed by atoms with Gasteiger partial charge in [0.05, 0.1) is 11.4 Å². The van der Waals surface area contributed by atoms with Crippen molar-refractivity contribution in [3.8, 4) is 5.69 Å². The molecule has 2 aromatic rings. The molecular weight excluding hydrogens is 279 g/mol. The standard InChI is InChI=1S/C11H10ClFN2O2S/c1-18(16,17)6-10-11(12)14-7-15(10)9-4-2-8(13)3-5-9/h2-5,7H,6H2,1H3. The van der Waals surface area contributed by atoms with Gasteiger partial charge in [-0.15, -0.1) is 0 Å². The summed E-state index contributed by atoms with van der Waals surface area (Å²) in [5.74, 6) is -0.585. The number of halogens is 2. The van der Waals surface area contributed by atoms with E-state index >= 15 is 0 Å². The SMILES string of the molecule is CS(=O)(=O)Cc1c(Cl)ncn1-c1ccc(F)cc1. The van der Waals surface area contributed by atoms with Crippen molar-refractivity contribution in [2.24, 2.45) is 0 Å². The number of rotatable bonds is 3. The Morgan fingerprint density at radius 2 is 1.94 bits per heavy atom. The summed E-state index contributed by atoms with van der Waals surface area (Å²) in [5.41, 5.74) is 0.972. The maximum atomic E-state index is 12.8. The highest BCUT2D eigenvalue weighted by Crippen LogP contribution is 2.21. The smallest absolute Gasteiger partial charge is 0.153 e. The van der Waals surface area contributed by atoms with Crippen molar-refractivity contribution in [2.45, 2.75) is 5.75 Å². The Morgan fingerprint density at radius 3 is 2.50 bits per heavy atom. The molecule has 4 nitrogen and oxygen atoms in total. The largest absolute Gasteiger partial charge is 0.301 e. The van der Waals surface area contributed by atoms with Crippen LogP contribution in [0.4, 0.5) is 4.39 Å². The summed E-state index contributed by atoms with van der Waals surface area (Å²) in [6.45, 7) is 0. The number of imidazole rings is 1. The highest BCUT2D eigenvalue weighted by Gasteiger charge is 2.15. The molecule has 7 heteroatoms. The Balaban J connectivity index is 2.49. The highest BCUT2D eigenvalue weighted by molar-refractivity contribution is 7.89. The van der Waals surface area contributed by atoms with Gasteiger partial charge in [0.25, 0.3) is 0 Å². The number of nitrogens with zero attached hydrogens (tertiary/aromatic N) is 2. The summed E-state index contributed by atoms with van der Waals surface area (Å²) in [7, 11) is -3.23. The topological polar surface area (TPSA) is 52.0 Å². The molecule has 18 heavy (non-hydrogen) atoms. The van der Waals surface area contributed by atoms with Gasteiger partial charge in [0.1, 0.15) is 12.1 Å². The van der Waals surface area contributed by atoms with Crippen LogP contribution in [0.15, 0.2) is 30.6 Å². The third-order valence-electron chi connectivity index (χ3n) is 2.32. The third-order valence-corrected chi connectivity index (χ3v) is 3.43. The zero-order chi connectivity index (χ0) is 13.3. The van der Waals surface area contributed by atoms with E-state index in [0.29, 0.717) is 11.4 Å². The summed E-state index contributed by atoms with van der Waals surface area (Å²) in [6.07, 6.45) is 2.53. The number of benzene rings is 1. The van der Waals surface area contributed by atoms with E-state index in [4.69, 9.17) is 11.6 Å². The Labute approximate surface area is 109 Å². The van der Waals surface area contributed by atoms with Gasteiger partial charge in [-0.25, -0.2) is 17.8 Å². The first-order valence-electron chi connectivity index (χ1n) is 5.02. The Kier molecular flexibility index (Phi) is 3.41. The van der Waals surface area contributed by atoms with E-state index in [1.165, 1.54) is 35.2 Å². The van der Waals surface area contributed by atoms with Gasteiger partial charge in [0, 0.05) is 11.9 Å². The van der Waals surface area contributed by atoms with E-state index < -0.39 is 9.84 Å². The number of aromatic nitrogens is 2. The van der Waals surface area contributed by atoms with Crippen LogP contribution in [0, 0.1) is 5.82 Å². The molecule has 0 aliphatic rings. The van der Waals surface area contributed by atoms with Crippen LogP contribution in [0.3, 0.4) is 0 Å². The molecule has 2 rings (SSSR count). The maximum Gasteiger partial charge on any atom is 0.153 e. The minimum absolute atomic E-state index is 0.129. The van der Waals surface area contributed by atoms with E-state index in [2.05, 4.69) is 4.98 Å². The Morgan fingerprint density at radius 1 is 1.33 bits per heavy atom. The molecule has 1 aromatic carbocycles. The first-order chi connectivity index (χ1) is 8.37. The lowest BCUT2D eigenvalue weighted by atomic mass is 10.3. The molecule has 0 saturated heterocycles. The fourth-order valence-corrected chi connectivity index (χ4v) is 2.61. The predicted octanol–water partition coefficient (Wildman–Crippen LogP) is 2.21. The Hall–Kier alpha value is -1.40. The van der Waals surface area contributed by atoms with Crippen LogP contribution in [0.1, 0.15) is 5.69 Å². The monoisotopic (exact) mass is 288 g/mol. The quantitative estimate of drug-likeness (QED) is 0.870. The number of hydrogen-bond donors (Lipinski definition) is 0. The second kappa shape index (κ2) is 4.70. The minimum Gasteiger partial charge on any atom is -0.301 e. The fraction of sp³-hybridized carbons (Fsp3) is 0.182. The zero-order valence-electron chi connectivity index (χ0n) is 9.47. The van der Waals surface area contributed by atoms with Crippen LogP contribution in [0.2, 0.25) is 5.15 Å². The second-order valence-corrected chi connectivity index (χ2v) is 6.40. The number of sulfone groups is 1. The van der Waals surface area contributed by atoms with Crippen molar-refractivity contribution < 1.29 is 12.8 Å². The van der Waals surface area contributed by atoms with Crippen molar-refractivity contribution >= 4 is 21.4 Å². The van der Waals surface area contributed by atoms with Crippen LogP contribution in [0.25, 0.3) is 5.69 Å². The van der Waals surface area contributed by atoms with Crippen molar-refractivity contribution in [3.05, 3.63) is 47.3 Å². The molecule has 0 aliphatic heterocycles. The van der Waals surface area contributed by atoms with E-state index in [1.807, 2.05) is 0 Å². The normalized spacial score (nSPS) is 11.7. The van der Waals surface area contributed by atoms with Gasteiger partial charge in [-0.05, 0) is 24.3 Å². The van der Waals surface area contributed by atoms with Crippen LogP contribution < -0.4 is 0 Å². The van der Waals surface area contributed by atoms with Gasteiger partial charge in [-0.3, -0.25) is 0 Å². The first-order valence-corrected chi connectivity index (χ1v) is 7.46. The molecule has 0 amide bonds. The minimum atomic E-state index is -3.23. The lowest BCUT2D eigenvalue weighted by Crippen LogP contribution is -2.07. The maximum absolute atomic E-state index is 12.8. The van der Waals surface area contributed by atoms with E-state index in [9.17, 15) is 12.8 Å². The lowest BCUT2D eigenvalue weighted by Gasteiger charge is -2.07. The van der Waals surface area contributed by atoms with Crippen molar-refractivity contribution in [2.75, 3.05) is 6.26 Å². The fourth-order valence-electron chi connectivity index (χ4n) is 1.55. The lowest BCUT2D eigenvalue weighted by molar-refractivity contribution is 0.600. The first kappa shape index (κ1) is 13.0. The van der Waals surface area contributed by atoms with E-state index in [1.54, 1.807) is 0 Å². The molecule has 0 N–H and O–H groups in total. The molecule has 1 aromatic heterocycles. The third kappa shape index (κ3) is 2.88. The zero-order valence-corrected chi connectivity index (χ0v) is 11.0. The summed E-state index contributed by atoms with van der Waals surface area (Å²) in [4.78, 5) is 3.87. The summed E-state index contributed by atoms with van der Waals surface area (Å²) in [5, 5.41) is 0.129. The van der Waals surface area contributed by atoms with Gasteiger partial charge in [0.15, 0.2) is 15.0 Å². The average molecular weight is 289 g/mol. The summed E-state index contributed by atoms with van der Waals surface area (Å²) in [6, 6.07) is 5.62. The van der Waals surface area contributed by atoms with Gasteiger partial charge in [-0.1, -0.05) is 11.6 Å². The number of hydrogen-bond acceptors (Lipinski definition) is 3. The highest BCUT2D eigenvalue weighted by atomic mass is 35.5. The van der Waals surface area contributed by atoms with E-state index in [0.717, 1.165) is 6.26 Å². The van der Waals surface area contributed by atoms with Crippen LogP contribution in [0.5, 0.6) is 0 Å². The van der Waals surface area contributed by atoms with Gasteiger partial charge < -0.3 is 4.57 Å². The summed E-state index contributed by atoms with van der Waals surface area (Å²) < 4.78 is 37.0. The summed E-state index contributed by atoms with van der Waals surface area (Å²) >= 11 is 5.86. The molecule has 96 valence electrons. The van der Waals surface area contributed by atoms with Crippen LogP contribution in [-0.4, -0.2) is 24.2 Å². The molecule has 0 spiro atoms. The predicted molar refractivity (Wildman–Crippen MR) is 67.1 cm³/mol. The molecule has 0 fully saturated rings. The molecule has 0 bridgehead atoms. The molecule has 0 saturated carbocycles. The van der Waals surface area contributed by atoms with Crippen LogP contribution in [-0.2, 0) is 15.6 Å². The van der Waals surface area contributed by atoms with E-state index in [-0.39, 0.29) is 16.7 Å². The Bertz CT molecular complexity index is 665. The molecule has 0 atom stereocenters. The van der Waals surface area contributed by atoms with Crippen molar-refractivity contribution in [1.82, 2.24) is 9.55 Å². The molecule has 0 aliphatic carbocycles. The molecule has 0 radical (unpaired) electrons. The molecule has 1 heterocycles. The van der Waals surface area contributed by atoms with Crippen molar-refractivity contribution in [1.29, 1.82) is 0 Å². The van der Waals surface area contributed by atoms with Crippen molar-refractivity contribution in [3.63, 3.8) is 0 Å². The second-order valence-electron chi connectivity index (χ2n) is 3.90. The van der Waals surface area contributed by atoms with Gasteiger partial charge >= 0.3 is 0 Å². The van der Waals surface area contributed by atoms with Gasteiger partial charge in [-0.2, -0.15) is 0 Å². The molecule has 0 unspecified atom stereocenters. The average Bonchev–Trinajstić information content (AvgIpc) is 2.60. The van der Waals surface area contributed by atoms with Gasteiger partial charge in [0.2, 0.25) is 0 Å². The molecular formula is C11H10ClFN2O2S.